The van der Waals surface area contributed by atoms with Gasteiger partial charge in [-0.2, -0.15) is 13.2 Å². The van der Waals surface area contributed by atoms with Gasteiger partial charge in [-0.05, 0) is 49.2 Å². The van der Waals surface area contributed by atoms with Crippen LogP contribution in [0, 0.1) is 13.8 Å². The number of benzene rings is 2. The van der Waals surface area contributed by atoms with Crippen LogP contribution < -0.4 is 4.72 Å². The Hall–Kier alpha value is -2.72. The average molecular weight is 443 g/mol. The molecule has 0 saturated carbocycles. The van der Waals surface area contributed by atoms with Crippen molar-refractivity contribution >= 4 is 21.8 Å². The summed E-state index contributed by atoms with van der Waals surface area (Å²) in [5.41, 5.74) is 1.21. The summed E-state index contributed by atoms with van der Waals surface area (Å²) >= 11 is 0. The van der Waals surface area contributed by atoms with Crippen LogP contribution in [0.25, 0.3) is 0 Å². The molecular formula is C20H20F3NO5S. The second-order valence-corrected chi connectivity index (χ2v) is 8.32. The van der Waals surface area contributed by atoms with Crippen molar-refractivity contribution in [3.05, 3.63) is 64.7 Å². The molecule has 0 unspecified atom stereocenters. The van der Waals surface area contributed by atoms with E-state index < -0.39 is 58.0 Å². The number of halogens is 3. The molecule has 162 valence electrons. The lowest BCUT2D eigenvalue weighted by Crippen LogP contribution is -2.27. The van der Waals surface area contributed by atoms with Crippen LogP contribution in [-0.2, 0) is 25.7 Å². The third kappa shape index (κ3) is 6.39. The van der Waals surface area contributed by atoms with Crippen LogP contribution in [0.15, 0.2) is 47.4 Å². The van der Waals surface area contributed by atoms with Crippen molar-refractivity contribution < 1.29 is 35.9 Å². The van der Waals surface area contributed by atoms with Gasteiger partial charge in [0.05, 0.1) is 16.9 Å². The van der Waals surface area contributed by atoms with Gasteiger partial charge in [0, 0.05) is 12.1 Å². The van der Waals surface area contributed by atoms with Gasteiger partial charge in [0.15, 0.2) is 12.4 Å². The Labute approximate surface area is 172 Å². The molecule has 0 saturated heterocycles. The molecule has 10 heteroatoms. The monoisotopic (exact) mass is 443 g/mol. The van der Waals surface area contributed by atoms with E-state index in [-0.39, 0.29) is 0 Å². The molecule has 0 aliphatic heterocycles. The van der Waals surface area contributed by atoms with Crippen LogP contribution in [0.2, 0.25) is 0 Å². The molecule has 6 nitrogen and oxygen atoms in total. The lowest BCUT2D eigenvalue weighted by atomic mass is 10.0. The van der Waals surface area contributed by atoms with Gasteiger partial charge < -0.3 is 4.74 Å². The first kappa shape index (κ1) is 23.6. The molecule has 2 aromatic carbocycles. The highest BCUT2D eigenvalue weighted by molar-refractivity contribution is 7.89. The minimum Gasteiger partial charge on any atom is -0.457 e. The number of ether oxygens (including phenoxy) is 1. The Morgan fingerprint density at radius 1 is 1.03 bits per heavy atom. The third-order valence-electron chi connectivity index (χ3n) is 4.29. The largest absolute Gasteiger partial charge is 0.457 e. The fourth-order valence-electron chi connectivity index (χ4n) is 2.43. The Bertz CT molecular complexity index is 1050. The number of carbonyl (C=O) groups is 2. The van der Waals surface area contributed by atoms with E-state index in [1.54, 1.807) is 18.2 Å². The lowest BCUT2D eigenvalue weighted by Gasteiger charge is -2.10. The number of ketones is 1. The first-order chi connectivity index (χ1) is 13.9. The van der Waals surface area contributed by atoms with Gasteiger partial charge in [0.25, 0.3) is 0 Å². The predicted molar refractivity (Wildman–Crippen MR) is 102 cm³/mol. The summed E-state index contributed by atoms with van der Waals surface area (Å²) in [6.07, 6.45) is -5.07. The first-order valence-corrected chi connectivity index (χ1v) is 10.3. The van der Waals surface area contributed by atoms with E-state index in [1.165, 1.54) is 0 Å². The zero-order chi connectivity index (χ0) is 22.5. The second-order valence-electron chi connectivity index (χ2n) is 6.56. The molecule has 0 radical (unpaired) electrons. The van der Waals surface area contributed by atoms with Gasteiger partial charge >= 0.3 is 12.1 Å². The van der Waals surface area contributed by atoms with Gasteiger partial charge in [-0.15, -0.1) is 0 Å². The number of hydrogen-bond acceptors (Lipinski definition) is 5. The molecule has 0 aliphatic carbocycles. The van der Waals surface area contributed by atoms with Crippen molar-refractivity contribution in [2.45, 2.75) is 31.3 Å². The maximum atomic E-state index is 12.7. The fraction of sp³-hybridized carbons (Fsp3) is 0.300. The highest BCUT2D eigenvalue weighted by Gasteiger charge is 2.31. The molecule has 0 amide bonds. The molecule has 2 rings (SSSR count). The molecule has 0 heterocycles. The molecule has 2 aromatic rings. The highest BCUT2D eigenvalue weighted by Crippen LogP contribution is 2.30. The summed E-state index contributed by atoms with van der Waals surface area (Å²) in [6.45, 7) is 2.84. The van der Waals surface area contributed by atoms with Crippen LogP contribution in [-0.4, -0.2) is 33.3 Å². The van der Waals surface area contributed by atoms with Gasteiger partial charge in [-0.1, -0.05) is 18.2 Å². The predicted octanol–water partition coefficient (Wildman–Crippen LogP) is 3.42. The van der Waals surface area contributed by atoms with Crippen LogP contribution in [0.3, 0.4) is 0 Å². The van der Waals surface area contributed by atoms with Crippen molar-refractivity contribution in [2.24, 2.45) is 0 Å². The number of nitrogens with one attached hydrogen (secondary N) is 1. The van der Waals surface area contributed by atoms with Gasteiger partial charge in [-0.25, -0.2) is 13.1 Å². The van der Waals surface area contributed by atoms with Gasteiger partial charge in [0.1, 0.15) is 0 Å². The lowest BCUT2D eigenvalue weighted by molar-refractivity contribution is -0.142. The number of rotatable bonds is 8. The quantitative estimate of drug-likeness (QED) is 0.499. The molecule has 1 N–H and O–H groups in total. The average Bonchev–Trinajstić information content (AvgIpc) is 2.67. The number of alkyl halides is 3. The number of hydrogen-bond donors (Lipinski definition) is 1. The second kappa shape index (κ2) is 9.40. The van der Waals surface area contributed by atoms with Crippen LogP contribution in [0.5, 0.6) is 0 Å². The van der Waals surface area contributed by atoms with Crippen molar-refractivity contribution in [1.82, 2.24) is 4.72 Å². The van der Waals surface area contributed by atoms with Crippen molar-refractivity contribution in [2.75, 3.05) is 13.2 Å². The van der Waals surface area contributed by atoms with E-state index >= 15 is 0 Å². The molecular weight excluding hydrogens is 423 g/mol. The summed E-state index contributed by atoms with van der Waals surface area (Å²) in [7, 11) is -4.25. The molecule has 0 bridgehead atoms. The van der Waals surface area contributed by atoms with Crippen LogP contribution in [0.1, 0.15) is 33.5 Å². The fourth-order valence-corrected chi connectivity index (χ4v) is 3.50. The number of Topliss-reactive ketones (excluding diaryl/α,β-unsaturated/α-hetero) is 1. The highest BCUT2D eigenvalue weighted by atomic mass is 32.2. The molecule has 0 atom stereocenters. The third-order valence-corrected chi connectivity index (χ3v) is 5.74. The summed E-state index contributed by atoms with van der Waals surface area (Å²) in [4.78, 5) is 23.2. The maximum Gasteiger partial charge on any atom is 0.416 e. The van der Waals surface area contributed by atoms with E-state index in [0.29, 0.717) is 11.6 Å². The number of carbonyl (C=O) groups excluding carboxylic acids is 2. The summed E-state index contributed by atoms with van der Waals surface area (Å²) in [5.74, 6) is -1.23. The van der Waals surface area contributed by atoms with Crippen molar-refractivity contribution in [3.63, 3.8) is 0 Å². The molecule has 0 fully saturated rings. The first-order valence-electron chi connectivity index (χ1n) is 8.83. The number of aryl methyl sites for hydroxylation is 2. The zero-order valence-electron chi connectivity index (χ0n) is 16.2. The topological polar surface area (TPSA) is 89.5 Å². The summed E-state index contributed by atoms with van der Waals surface area (Å²) < 4.78 is 69.3. The van der Waals surface area contributed by atoms with Crippen LogP contribution in [0.4, 0.5) is 13.2 Å². The smallest absolute Gasteiger partial charge is 0.416 e. The summed E-state index contributed by atoms with van der Waals surface area (Å²) in [5, 5.41) is 0. The van der Waals surface area contributed by atoms with E-state index in [0.717, 1.165) is 29.3 Å². The number of esters is 1. The molecule has 0 spiro atoms. The van der Waals surface area contributed by atoms with Crippen molar-refractivity contribution in [1.29, 1.82) is 0 Å². The standard InChI is InChI=1S/C20H20F3NO5S/c1-13-6-7-15(10-14(13)2)18(25)12-29-19(26)8-9-24-30(27,28)17-5-3-4-16(11-17)20(21,22)23/h3-7,10-11,24H,8-9,12H2,1-2H3. The molecule has 30 heavy (non-hydrogen) atoms. The van der Waals surface area contributed by atoms with E-state index in [9.17, 15) is 31.2 Å². The SMILES string of the molecule is Cc1ccc(C(=O)COC(=O)CCNS(=O)(=O)c2cccc(C(F)(F)F)c2)cc1C. The molecule has 0 aliphatic rings. The van der Waals surface area contributed by atoms with Gasteiger partial charge in [-0.3, -0.25) is 9.59 Å². The van der Waals surface area contributed by atoms with Crippen LogP contribution >= 0.6 is 0 Å². The Kier molecular flexibility index (Phi) is 7.38. The number of sulfonamides is 1. The molecule has 0 aromatic heterocycles. The summed E-state index contributed by atoms with van der Waals surface area (Å²) in [6, 6.07) is 8.30. The van der Waals surface area contributed by atoms with E-state index in [1.807, 2.05) is 18.6 Å². The normalized spacial score (nSPS) is 11.9. The Balaban J connectivity index is 1.86. The van der Waals surface area contributed by atoms with Crippen molar-refractivity contribution in [3.8, 4) is 0 Å². The Morgan fingerprint density at radius 2 is 1.73 bits per heavy atom. The van der Waals surface area contributed by atoms with Gasteiger partial charge in [0.2, 0.25) is 10.0 Å². The van der Waals surface area contributed by atoms with E-state index in [4.69, 9.17) is 4.74 Å². The van der Waals surface area contributed by atoms with E-state index in [2.05, 4.69) is 0 Å². The minimum absolute atomic E-state index is 0.385. The Morgan fingerprint density at radius 3 is 2.37 bits per heavy atom. The minimum atomic E-state index is -4.68. The maximum absolute atomic E-state index is 12.7. The zero-order valence-corrected chi connectivity index (χ0v) is 17.1.